The van der Waals surface area contributed by atoms with Crippen LogP contribution in [0.25, 0.3) is 0 Å². The summed E-state index contributed by atoms with van der Waals surface area (Å²) < 4.78 is 22.9. The van der Waals surface area contributed by atoms with E-state index in [1.807, 2.05) is 0 Å². The van der Waals surface area contributed by atoms with Gasteiger partial charge in [-0.25, -0.2) is 18.4 Å². The third-order valence-corrected chi connectivity index (χ3v) is 7.17. The molecule has 1 aromatic rings. The summed E-state index contributed by atoms with van der Waals surface area (Å²) in [5.41, 5.74) is 1.55. The van der Waals surface area contributed by atoms with Gasteiger partial charge in [-0.05, 0) is 31.7 Å². The van der Waals surface area contributed by atoms with E-state index in [1.165, 1.54) is 11.9 Å². The first-order valence-corrected chi connectivity index (χ1v) is 11.8. The molecular weight excluding hydrogens is 376 g/mol. The van der Waals surface area contributed by atoms with Crippen LogP contribution in [0.1, 0.15) is 40.5 Å². The van der Waals surface area contributed by atoms with Crippen molar-refractivity contribution in [1.29, 1.82) is 0 Å². The highest BCUT2D eigenvalue weighted by atomic mass is 32.2. The molecule has 0 aliphatic carbocycles. The molecule has 2 rings (SSSR count). The normalized spacial score (nSPS) is 18.1. The second-order valence-electron chi connectivity index (χ2n) is 7.91. The Morgan fingerprint density at radius 2 is 1.86 bits per heavy atom. The van der Waals surface area contributed by atoms with E-state index >= 15 is 0 Å². The molecule has 0 aromatic carbocycles. The quantitative estimate of drug-likeness (QED) is 0.447. The predicted octanol–water partition coefficient (Wildman–Crippen LogP) is 2.20. The van der Waals surface area contributed by atoms with Crippen LogP contribution in [0.5, 0.6) is 0 Å². The van der Waals surface area contributed by atoms with Gasteiger partial charge in [-0.3, -0.25) is 0 Å². The second kappa shape index (κ2) is 10.2. The Labute approximate surface area is 169 Å². The van der Waals surface area contributed by atoms with Gasteiger partial charge in [-0.1, -0.05) is 32.4 Å². The van der Waals surface area contributed by atoms with E-state index < -0.39 is 9.84 Å². The number of anilines is 2. The number of aromatic nitrogens is 3. The molecule has 1 aliphatic heterocycles. The van der Waals surface area contributed by atoms with Gasteiger partial charge in [0.1, 0.15) is 6.33 Å². The van der Waals surface area contributed by atoms with Crippen LogP contribution in [0.15, 0.2) is 18.0 Å². The lowest BCUT2D eigenvalue weighted by molar-refractivity contribution is 0.294. The lowest BCUT2D eigenvalue weighted by Gasteiger charge is -2.26. The molecule has 0 unspecified atom stereocenters. The zero-order valence-corrected chi connectivity index (χ0v) is 18.3. The van der Waals surface area contributed by atoms with Crippen molar-refractivity contribution in [2.75, 3.05) is 54.9 Å². The van der Waals surface area contributed by atoms with Crippen LogP contribution < -0.4 is 10.6 Å². The second-order valence-corrected chi connectivity index (χ2v) is 10.2. The molecule has 0 radical (unpaired) electrons. The molecule has 1 saturated heterocycles. The van der Waals surface area contributed by atoms with Gasteiger partial charge in [0, 0.05) is 26.2 Å². The van der Waals surface area contributed by atoms with Crippen molar-refractivity contribution in [1.82, 2.24) is 19.9 Å². The Kier molecular flexibility index (Phi) is 8.18. The molecule has 9 heteroatoms. The Balaban J connectivity index is 1.72. The van der Waals surface area contributed by atoms with Crippen molar-refractivity contribution in [2.45, 2.75) is 40.5 Å². The van der Waals surface area contributed by atoms with E-state index in [2.05, 4.69) is 64.3 Å². The van der Waals surface area contributed by atoms with Crippen LogP contribution >= 0.6 is 0 Å². The zero-order valence-electron chi connectivity index (χ0n) is 17.5. The van der Waals surface area contributed by atoms with Crippen LogP contribution in [0, 0.1) is 5.41 Å². The lowest BCUT2D eigenvalue weighted by atomic mass is 9.82. The van der Waals surface area contributed by atoms with Gasteiger partial charge in [0.05, 0.1) is 11.5 Å². The molecule has 0 amide bonds. The summed E-state index contributed by atoms with van der Waals surface area (Å²) >= 11 is 0. The highest BCUT2D eigenvalue weighted by molar-refractivity contribution is 7.91. The van der Waals surface area contributed by atoms with Crippen molar-refractivity contribution in [3.05, 3.63) is 18.0 Å². The molecule has 0 saturated carbocycles. The molecular formula is C19H34N6O2S. The molecule has 2 N–H and O–H groups in total. The lowest BCUT2D eigenvalue weighted by Crippen LogP contribution is -2.41. The first-order chi connectivity index (χ1) is 13.2. The van der Waals surface area contributed by atoms with Gasteiger partial charge in [0.15, 0.2) is 9.84 Å². The predicted molar refractivity (Wildman–Crippen MR) is 114 cm³/mol. The average Bonchev–Trinajstić information content (AvgIpc) is 2.66. The Morgan fingerprint density at radius 3 is 2.50 bits per heavy atom. The monoisotopic (exact) mass is 410 g/mol. The van der Waals surface area contributed by atoms with E-state index in [0.29, 0.717) is 31.5 Å². The fourth-order valence-corrected chi connectivity index (χ4v) is 4.07. The third-order valence-electron chi connectivity index (χ3n) is 5.56. The minimum atomic E-state index is -2.81. The summed E-state index contributed by atoms with van der Waals surface area (Å²) in [6, 6.07) is 0. The molecule has 1 aliphatic rings. The van der Waals surface area contributed by atoms with Gasteiger partial charge < -0.3 is 15.5 Å². The molecule has 0 spiro atoms. The van der Waals surface area contributed by atoms with Crippen molar-refractivity contribution >= 4 is 21.7 Å². The molecule has 0 bridgehead atoms. The minimum Gasteiger partial charge on any atom is -0.354 e. The molecule has 28 heavy (non-hydrogen) atoms. The topological polar surface area (TPSA) is 100 Å². The first-order valence-electron chi connectivity index (χ1n) is 9.98. The van der Waals surface area contributed by atoms with E-state index in [9.17, 15) is 8.42 Å². The van der Waals surface area contributed by atoms with E-state index in [0.717, 1.165) is 25.9 Å². The SMILES string of the molecule is CCC(C)(C)/C(C)=C/CNc1ncnc(NCCCN2CCS(=O)(=O)CC2)n1. The fourth-order valence-electron chi connectivity index (χ4n) is 2.79. The Morgan fingerprint density at radius 1 is 1.21 bits per heavy atom. The number of allylic oxidation sites excluding steroid dienone is 1. The van der Waals surface area contributed by atoms with Crippen molar-refractivity contribution in [2.24, 2.45) is 5.41 Å². The molecule has 0 atom stereocenters. The van der Waals surface area contributed by atoms with E-state index in [-0.39, 0.29) is 16.9 Å². The van der Waals surface area contributed by atoms with Crippen molar-refractivity contribution < 1.29 is 8.42 Å². The summed E-state index contributed by atoms with van der Waals surface area (Å²) in [6.45, 7) is 12.4. The van der Waals surface area contributed by atoms with Crippen molar-refractivity contribution in [3.63, 3.8) is 0 Å². The summed E-state index contributed by atoms with van der Waals surface area (Å²) in [4.78, 5) is 14.9. The van der Waals surface area contributed by atoms with Gasteiger partial charge in [-0.15, -0.1) is 0 Å². The largest absolute Gasteiger partial charge is 0.354 e. The number of hydrogen-bond acceptors (Lipinski definition) is 8. The van der Waals surface area contributed by atoms with Crippen LogP contribution in [0.2, 0.25) is 0 Å². The third kappa shape index (κ3) is 7.35. The van der Waals surface area contributed by atoms with Crippen molar-refractivity contribution in [3.8, 4) is 0 Å². The van der Waals surface area contributed by atoms with Gasteiger partial charge >= 0.3 is 0 Å². The summed E-state index contributed by atoms with van der Waals surface area (Å²) in [5, 5.41) is 6.43. The Hall–Kier alpha value is -1.74. The summed E-state index contributed by atoms with van der Waals surface area (Å²) in [7, 11) is -2.81. The standard InChI is InChI=1S/C19H34N6O2S/c1-5-19(3,4)16(2)7-9-21-18-23-15-22-17(24-18)20-8-6-10-25-11-13-28(26,27)14-12-25/h7,15H,5-6,8-14H2,1-4H3,(H2,20,21,22,23,24)/b16-7+. The average molecular weight is 411 g/mol. The number of rotatable bonds is 10. The Bertz CT molecular complexity index is 749. The number of hydrogen-bond donors (Lipinski definition) is 2. The van der Waals surface area contributed by atoms with Crippen LogP contribution in [0.3, 0.4) is 0 Å². The molecule has 2 heterocycles. The number of nitrogens with one attached hydrogen (secondary N) is 2. The number of sulfone groups is 1. The summed E-state index contributed by atoms with van der Waals surface area (Å²) in [6.07, 6.45) is 5.68. The van der Waals surface area contributed by atoms with E-state index in [1.54, 1.807) is 0 Å². The van der Waals surface area contributed by atoms with E-state index in [4.69, 9.17) is 0 Å². The van der Waals surface area contributed by atoms with Gasteiger partial charge in [0.2, 0.25) is 11.9 Å². The maximum absolute atomic E-state index is 11.4. The fraction of sp³-hybridized carbons (Fsp3) is 0.737. The maximum Gasteiger partial charge on any atom is 0.227 e. The molecule has 1 fully saturated rings. The highest BCUT2D eigenvalue weighted by Gasteiger charge is 2.20. The van der Waals surface area contributed by atoms with Gasteiger partial charge in [-0.2, -0.15) is 4.98 Å². The molecule has 8 nitrogen and oxygen atoms in total. The number of nitrogens with zero attached hydrogens (tertiary/aromatic N) is 4. The first kappa shape index (κ1) is 22.5. The van der Waals surface area contributed by atoms with Crippen LogP contribution in [-0.2, 0) is 9.84 Å². The highest BCUT2D eigenvalue weighted by Crippen LogP contribution is 2.28. The smallest absolute Gasteiger partial charge is 0.227 e. The van der Waals surface area contributed by atoms with Crippen LogP contribution in [-0.4, -0.2) is 72.5 Å². The minimum absolute atomic E-state index is 0.200. The maximum atomic E-state index is 11.4. The molecule has 1 aromatic heterocycles. The van der Waals surface area contributed by atoms with Crippen LogP contribution in [0.4, 0.5) is 11.9 Å². The van der Waals surface area contributed by atoms with Gasteiger partial charge in [0.25, 0.3) is 0 Å². The zero-order chi connectivity index (χ0) is 20.6. The summed E-state index contributed by atoms with van der Waals surface area (Å²) in [5.74, 6) is 1.64. The molecule has 158 valence electrons.